The summed E-state index contributed by atoms with van der Waals surface area (Å²) in [6.45, 7) is 0. The zero-order chi connectivity index (χ0) is 14.3. The van der Waals surface area contributed by atoms with Crippen LogP contribution >= 0.6 is 0 Å². The van der Waals surface area contributed by atoms with Crippen molar-refractivity contribution in [3.05, 3.63) is 47.7 Å². The lowest BCUT2D eigenvalue weighted by Crippen LogP contribution is -2.10. The third kappa shape index (κ3) is 2.91. The molecule has 0 bridgehead atoms. The molecule has 0 aliphatic carbocycles. The van der Waals surface area contributed by atoms with Gasteiger partial charge in [0, 0.05) is 5.56 Å². The summed E-state index contributed by atoms with van der Waals surface area (Å²) < 4.78 is 80.3. The first kappa shape index (κ1) is 13.5. The van der Waals surface area contributed by atoms with Crippen LogP contribution in [0, 0.1) is 0 Å². The fourth-order valence-corrected chi connectivity index (χ4v) is 1.54. The van der Waals surface area contributed by atoms with Gasteiger partial charge in [-0.2, -0.15) is 26.3 Å². The van der Waals surface area contributed by atoms with Crippen LogP contribution in [0.5, 0.6) is 0 Å². The number of halogens is 6. The molecule has 0 spiro atoms. The van der Waals surface area contributed by atoms with Crippen LogP contribution in [0.4, 0.5) is 26.3 Å². The second-order valence-electron chi connectivity index (χ2n) is 3.77. The standard InChI is InChI=1S/C12H6F6O/c13-11(14,15)8-4-7(10-2-1-3-19-10)5-9(6-8)12(16,17)18/h1-6H. The van der Waals surface area contributed by atoms with Crippen molar-refractivity contribution in [2.75, 3.05) is 0 Å². The van der Waals surface area contributed by atoms with E-state index in [9.17, 15) is 26.3 Å². The Hall–Kier alpha value is -1.92. The average Bonchev–Trinajstić information content (AvgIpc) is 2.79. The Morgan fingerprint density at radius 2 is 1.32 bits per heavy atom. The molecule has 0 aliphatic heterocycles. The molecule has 0 N–H and O–H groups in total. The van der Waals surface area contributed by atoms with Gasteiger partial charge in [0.05, 0.1) is 17.4 Å². The molecule has 1 heterocycles. The highest BCUT2D eigenvalue weighted by molar-refractivity contribution is 5.60. The molecule has 0 saturated carbocycles. The molecule has 0 saturated heterocycles. The van der Waals surface area contributed by atoms with Gasteiger partial charge >= 0.3 is 12.4 Å². The van der Waals surface area contributed by atoms with E-state index in [1.54, 1.807) is 0 Å². The molecule has 2 rings (SSSR count). The van der Waals surface area contributed by atoms with E-state index >= 15 is 0 Å². The van der Waals surface area contributed by atoms with Gasteiger partial charge in [-0.05, 0) is 30.3 Å². The van der Waals surface area contributed by atoms with Gasteiger partial charge in [0.25, 0.3) is 0 Å². The topological polar surface area (TPSA) is 13.1 Å². The molecule has 0 amide bonds. The number of hydrogen-bond donors (Lipinski definition) is 0. The molecule has 7 heteroatoms. The van der Waals surface area contributed by atoms with Gasteiger partial charge in [-0.3, -0.25) is 0 Å². The van der Waals surface area contributed by atoms with E-state index in [2.05, 4.69) is 0 Å². The summed E-state index contributed by atoms with van der Waals surface area (Å²) in [6.07, 6.45) is -8.55. The monoisotopic (exact) mass is 280 g/mol. The fourth-order valence-electron chi connectivity index (χ4n) is 1.54. The molecular formula is C12H6F6O. The summed E-state index contributed by atoms with van der Waals surface area (Å²) in [4.78, 5) is 0. The normalized spacial score (nSPS) is 12.7. The highest BCUT2D eigenvalue weighted by Crippen LogP contribution is 2.38. The first-order chi connectivity index (χ1) is 8.68. The quantitative estimate of drug-likeness (QED) is 0.671. The zero-order valence-electron chi connectivity index (χ0n) is 9.14. The zero-order valence-corrected chi connectivity index (χ0v) is 9.14. The van der Waals surface area contributed by atoms with Crippen molar-refractivity contribution in [1.82, 2.24) is 0 Å². The van der Waals surface area contributed by atoms with E-state index < -0.39 is 23.5 Å². The van der Waals surface area contributed by atoms with Gasteiger partial charge in [-0.15, -0.1) is 0 Å². The molecule has 0 unspecified atom stereocenters. The Kier molecular flexibility index (Phi) is 3.07. The lowest BCUT2D eigenvalue weighted by Gasteiger charge is -2.13. The first-order valence-corrected chi connectivity index (χ1v) is 5.01. The van der Waals surface area contributed by atoms with Crippen LogP contribution in [0.1, 0.15) is 11.1 Å². The maximum atomic E-state index is 12.6. The van der Waals surface area contributed by atoms with Crippen molar-refractivity contribution in [2.24, 2.45) is 0 Å². The fraction of sp³-hybridized carbons (Fsp3) is 0.167. The van der Waals surface area contributed by atoms with Crippen molar-refractivity contribution >= 4 is 0 Å². The summed E-state index contributed by atoms with van der Waals surface area (Å²) in [5.74, 6) is -0.0587. The Morgan fingerprint density at radius 1 is 0.789 bits per heavy atom. The predicted octanol–water partition coefficient (Wildman–Crippen LogP) is 4.98. The van der Waals surface area contributed by atoms with Gasteiger partial charge < -0.3 is 4.42 Å². The van der Waals surface area contributed by atoms with Gasteiger partial charge in [-0.25, -0.2) is 0 Å². The third-order valence-corrected chi connectivity index (χ3v) is 2.39. The highest BCUT2D eigenvalue weighted by Gasteiger charge is 2.37. The molecule has 1 aromatic carbocycles. The second-order valence-corrected chi connectivity index (χ2v) is 3.77. The van der Waals surface area contributed by atoms with E-state index in [0.717, 1.165) is 0 Å². The van der Waals surface area contributed by atoms with E-state index in [1.165, 1.54) is 18.4 Å². The van der Waals surface area contributed by atoms with Crippen molar-refractivity contribution in [2.45, 2.75) is 12.4 Å². The summed E-state index contributed by atoms with van der Waals surface area (Å²) in [7, 11) is 0. The predicted molar refractivity (Wildman–Crippen MR) is 54.1 cm³/mol. The summed E-state index contributed by atoms with van der Waals surface area (Å²) in [5.41, 5.74) is -3.01. The Labute approximate surface area is 103 Å². The Balaban J connectivity index is 2.62. The molecular weight excluding hydrogens is 274 g/mol. The highest BCUT2D eigenvalue weighted by atomic mass is 19.4. The molecule has 2 aromatic rings. The van der Waals surface area contributed by atoms with Crippen LogP contribution in [-0.4, -0.2) is 0 Å². The minimum absolute atomic E-state index is 0.0587. The number of alkyl halides is 6. The van der Waals surface area contributed by atoms with Gasteiger partial charge in [-0.1, -0.05) is 0 Å². The number of hydrogen-bond acceptors (Lipinski definition) is 1. The van der Waals surface area contributed by atoms with Gasteiger partial charge in [0.2, 0.25) is 0 Å². The third-order valence-electron chi connectivity index (χ3n) is 2.39. The summed E-state index contributed by atoms with van der Waals surface area (Å²) in [5, 5.41) is 0. The van der Waals surface area contributed by atoms with Crippen molar-refractivity contribution in [3.8, 4) is 11.3 Å². The van der Waals surface area contributed by atoms with Crippen LogP contribution in [0.2, 0.25) is 0 Å². The Morgan fingerprint density at radius 3 is 1.68 bits per heavy atom. The number of rotatable bonds is 1. The number of furan rings is 1. The van der Waals surface area contributed by atoms with E-state index in [4.69, 9.17) is 4.42 Å². The van der Waals surface area contributed by atoms with Crippen molar-refractivity contribution in [1.29, 1.82) is 0 Å². The SMILES string of the molecule is FC(F)(F)c1cc(-c2ccco2)cc(C(F)(F)F)c1. The van der Waals surface area contributed by atoms with Crippen LogP contribution in [0.15, 0.2) is 41.0 Å². The van der Waals surface area contributed by atoms with Crippen molar-refractivity contribution < 1.29 is 30.8 Å². The summed E-state index contributed by atoms with van der Waals surface area (Å²) in [6, 6.07) is 3.98. The largest absolute Gasteiger partial charge is 0.464 e. The minimum atomic E-state index is -4.86. The van der Waals surface area contributed by atoms with Crippen LogP contribution in [0.25, 0.3) is 11.3 Å². The second kappa shape index (κ2) is 4.32. The number of benzene rings is 1. The molecule has 1 aromatic heterocycles. The average molecular weight is 280 g/mol. The molecule has 0 radical (unpaired) electrons. The Bertz CT molecular complexity index is 533. The van der Waals surface area contributed by atoms with E-state index in [0.29, 0.717) is 12.1 Å². The van der Waals surface area contributed by atoms with Crippen molar-refractivity contribution in [3.63, 3.8) is 0 Å². The van der Waals surface area contributed by atoms with Gasteiger partial charge in [0.15, 0.2) is 0 Å². The maximum Gasteiger partial charge on any atom is 0.416 e. The molecule has 102 valence electrons. The minimum Gasteiger partial charge on any atom is -0.464 e. The lowest BCUT2D eigenvalue weighted by atomic mass is 10.0. The molecule has 1 nitrogen and oxygen atoms in total. The molecule has 0 fully saturated rings. The molecule has 0 aliphatic rings. The first-order valence-electron chi connectivity index (χ1n) is 5.01. The van der Waals surface area contributed by atoms with Crippen LogP contribution < -0.4 is 0 Å². The van der Waals surface area contributed by atoms with E-state index in [-0.39, 0.29) is 17.4 Å². The van der Waals surface area contributed by atoms with Crippen LogP contribution in [-0.2, 0) is 12.4 Å². The molecule has 19 heavy (non-hydrogen) atoms. The van der Waals surface area contributed by atoms with Crippen LogP contribution in [0.3, 0.4) is 0 Å². The molecule has 0 atom stereocenters. The van der Waals surface area contributed by atoms with E-state index in [1.807, 2.05) is 0 Å². The summed E-state index contributed by atoms with van der Waals surface area (Å²) >= 11 is 0. The van der Waals surface area contributed by atoms with Gasteiger partial charge in [0.1, 0.15) is 5.76 Å². The lowest BCUT2D eigenvalue weighted by molar-refractivity contribution is -0.143. The smallest absolute Gasteiger partial charge is 0.416 e. The maximum absolute atomic E-state index is 12.6.